The van der Waals surface area contributed by atoms with E-state index in [9.17, 15) is 9.59 Å². The van der Waals surface area contributed by atoms with Gasteiger partial charge in [-0.05, 0) is 0 Å². The van der Waals surface area contributed by atoms with Crippen LogP contribution in [0.2, 0.25) is 0 Å². The maximum atomic E-state index is 10.5. The zero-order valence-electron chi connectivity index (χ0n) is 6.49. The first kappa shape index (κ1) is 10.9. The van der Waals surface area contributed by atoms with Gasteiger partial charge in [0.2, 0.25) is 5.91 Å². The summed E-state index contributed by atoms with van der Waals surface area (Å²) in [7, 11) is 0. The molecule has 0 unspecified atom stereocenters. The summed E-state index contributed by atoms with van der Waals surface area (Å²) in [5.41, 5.74) is 4.96. The van der Waals surface area contributed by atoms with E-state index in [0.717, 1.165) is 0 Å². The van der Waals surface area contributed by atoms with Crippen molar-refractivity contribution in [2.75, 3.05) is 13.1 Å². The van der Waals surface area contributed by atoms with E-state index in [2.05, 4.69) is 5.32 Å². The highest BCUT2D eigenvalue weighted by molar-refractivity contribution is 5.77. The number of rotatable bonds is 5. The fourth-order valence-electron chi connectivity index (χ4n) is 0.544. The highest BCUT2D eigenvalue weighted by Crippen LogP contribution is 1.88. The van der Waals surface area contributed by atoms with E-state index in [4.69, 9.17) is 15.9 Å². The van der Waals surface area contributed by atoms with Crippen molar-refractivity contribution in [2.24, 2.45) is 5.73 Å². The minimum absolute atomic E-state index is 0.0128. The molecule has 5 N–H and O–H groups in total. The predicted molar refractivity (Wildman–Crippen MR) is 40.3 cm³/mol. The lowest BCUT2D eigenvalue weighted by atomic mass is 10.2. The lowest BCUT2D eigenvalue weighted by Gasteiger charge is -2.05. The van der Waals surface area contributed by atoms with Crippen LogP contribution in [0, 0.1) is 0 Å². The van der Waals surface area contributed by atoms with E-state index in [1.54, 1.807) is 0 Å². The second-order valence-electron chi connectivity index (χ2n) is 2.20. The van der Waals surface area contributed by atoms with Crippen LogP contribution in [-0.4, -0.2) is 41.3 Å². The molecule has 6 nitrogen and oxygen atoms in total. The average molecular weight is 176 g/mol. The summed E-state index contributed by atoms with van der Waals surface area (Å²) in [6, 6.07) is 0. The molecule has 0 aliphatic carbocycles. The van der Waals surface area contributed by atoms with E-state index < -0.39 is 12.1 Å². The van der Waals surface area contributed by atoms with Crippen LogP contribution in [0.25, 0.3) is 0 Å². The van der Waals surface area contributed by atoms with E-state index in [-0.39, 0.29) is 25.4 Å². The quantitative estimate of drug-likeness (QED) is 0.383. The molecule has 70 valence electrons. The van der Waals surface area contributed by atoms with Crippen molar-refractivity contribution >= 4 is 11.9 Å². The Morgan fingerprint density at radius 2 is 2.08 bits per heavy atom. The van der Waals surface area contributed by atoms with Crippen LogP contribution in [0.3, 0.4) is 0 Å². The highest BCUT2D eigenvalue weighted by atomic mass is 16.4. The summed E-state index contributed by atoms with van der Waals surface area (Å²) < 4.78 is 0. The van der Waals surface area contributed by atoms with Crippen LogP contribution in [0.1, 0.15) is 6.42 Å². The molecular weight excluding hydrogens is 164 g/mol. The summed E-state index contributed by atoms with van der Waals surface area (Å²) in [6.45, 7) is -0.0212. The monoisotopic (exact) mass is 176 g/mol. The van der Waals surface area contributed by atoms with Crippen molar-refractivity contribution in [1.29, 1.82) is 0 Å². The normalized spacial score (nSPS) is 12.2. The van der Waals surface area contributed by atoms with Gasteiger partial charge < -0.3 is 21.3 Å². The Morgan fingerprint density at radius 3 is 2.50 bits per heavy atom. The fraction of sp³-hybridized carbons (Fsp3) is 0.667. The van der Waals surface area contributed by atoms with Gasteiger partial charge in [0.15, 0.2) is 6.10 Å². The molecule has 0 aromatic heterocycles. The Labute approximate surface area is 69.4 Å². The minimum Gasteiger partial charge on any atom is -0.479 e. The summed E-state index contributed by atoms with van der Waals surface area (Å²) in [4.78, 5) is 20.6. The molecule has 0 fully saturated rings. The molecule has 12 heavy (non-hydrogen) atoms. The van der Waals surface area contributed by atoms with Gasteiger partial charge in [-0.25, -0.2) is 4.79 Å². The highest BCUT2D eigenvalue weighted by Gasteiger charge is 2.12. The second kappa shape index (κ2) is 5.50. The second-order valence-corrected chi connectivity index (χ2v) is 2.20. The first-order valence-corrected chi connectivity index (χ1v) is 3.45. The molecule has 1 amide bonds. The predicted octanol–water partition coefficient (Wildman–Crippen LogP) is -2.10. The van der Waals surface area contributed by atoms with Gasteiger partial charge in [0.25, 0.3) is 0 Å². The third-order valence-electron chi connectivity index (χ3n) is 1.21. The number of aliphatic hydroxyl groups excluding tert-OH is 1. The average Bonchev–Trinajstić information content (AvgIpc) is 2.03. The number of amides is 1. The lowest BCUT2D eigenvalue weighted by molar-refractivity contribution is -0.147. The van der Waals surface area contributed by atoms with Gasteiger partial charge in [-0.3, -0.25) is 4.79 Å². The summed E-state index contributed by atoms with van der Waals surface area (Å²) >= 11 is 0. The standard InChI is InChI=1S/C6H12N2O4/c7-3-5(10)8-2-1-4(9)6(11)12/h4,9H,1-3,7H2,(H,8,10)(H,11,12)/t4-/m0/s1. The molecule has 0 radical (unpaired) electrons. The van der Waals surface area contributed by atoms with Gasteiger partial charge >= 0.3 is 5.97 Å². The zero-order valence-corrected chi connectivity index (χ0v) is 6.49. The van der Waals surface area contributed by atoms with Crippen molar-refractivity contribution in [1.82, 2.24) is 5.32 Å². The number of hydrogen-bond donors (Lipinski definition) is 4. The summed E-state index contributed by atoms with van der Waals surface area (Å²) in [6.07, 6.45) is -1.44. The Balaban J connectivity index is 3.43. The Kier molecular flexibility index (Phi) is 4.98. The van der Waals surface area contributed by atoms with Crippen molar-refractivity contribution in [2.45, 2.75) is 12.5 Å². The van der Waals surface area contributed by atoms with Gasteiger partial charge in [0.1, 0.15) is 0 Å². The van der Waals surface area contributed by atoms with Crippen molar-refractivity contribution in [3.8, 4) is 0 Å². The number of carbonyl (C=O) groups is 2. The van der Waals surface area contributed by atoms with E-state index in [0.29, 0.717) is 0 Å². The third kappa shape index (κ3) is 4.64. The molecule has 6 heteroatoms. The van der Waals surface area contributed by atoms with Gasteiger partial charge in [0.05, 0.1) is 6.54 Å². The van der Waals surface area contributed by atoms with Crippen LogP contribution < -0.4 is 11.1 Å². The molecule has 1 atom stereocenters. The summed E-state index contributed by atoms with van der Waals surface area (Å²) in [5, 5.41) is 19.3. The molecule has 0 aromatic carbocycles. The van der Waals surface area contributed by atoms with Gasteiger partial charge in [-0.1, -0.05) is 0 Å². The maximum absolute atomic E-state index is 10.5. The number of hydrogen-bond acceptors (Lipinski definition) is 4. The van der Waals surface area contributed by atoms with E-state index in [1.807, 2.05) is 0 Å². The number of nitrogens with two attached hydrogens (primary N) is 1. The number of nitrogens with one attached hydrogen (secondary N) is 1. The number of carbonyl (C=O) groups excluding carboxylic acids is 1. The molecular formula is C6H12N2O4. The van der Waals surface area contributed by atoms with Crippen LogP contribution in [0.5, 0.6) is 0 Å². The minimum atomic E-state index is -1.43. The molecule has 0 aliphatic heterocycles. The van der Waals surface area contributed by atoms with Crippen LogP contribution in [0.15, 0.2) is 0 Å². The molecule has 0 bridgehead atoms. The summed E-state index contributed by atoms with van der Waals surface area (Å²) in [5.74, 6) is -1.66. The molecule has 0 spiro atoms. The van der Waals surface area contributed by atoms with E-state index >= 15 is 0 Å². The largest absolute Gasteiger partial charge is 0.479 e. The number of aliphatic hydroxyl groups is 1. The maximum Gasteiger partial charge on any atom is 0.332 e. The zero-order chi connectivity index (χ0) is 9.56. The topological polar surface area (TPSA) is 113 Å². The van der Waals surface area contributed by atoms with Gasteiger partial charge in [-0.2, -0.15) is 0 Å². The molecule has 0 saturated heterocycles. The lowest BCUT2D eigenvalue weighted by Crippen LogP contribution is -2.33. The Morgan fingerprint density at radius 1 is 1.50 bits per heavy atom. The van der Waals surface area contributed by atoms with Crippen LogP contribution in [-0.2, 0) is 9.59 Å². The van der Waals surface area contributed by atoms with Crippen LogP contribution in [0.4, 0.5) is 0 Å². The number of aliphatic carboxylic acids is 1. The van der Waals surface area contributed by atoms with Crippen molar-refractivity contribution in [3.63, 3.8) is 0 Å². The van der Waals surface area contributed by atoms with Gasteiger partial charge in [0, 0.05) is 13.0 Å². The SMILES string of the molecule is NCC(=O)NCC[C@H](O)C(=O)O. The van der Waals surface area contributed by atoms with Crippen molar-refractivity contribution in [3.05, 3.63) is 0 Å². The Hall–Kier alpha value is -1.14. The number of carboxylic acid groups (broad SMARTS) is 1. The Bertz CT molecular complexity index is 171. The molecule has 0 saturated carbocycles. The molecule has 0 aromatic rings. The van der Waals surface area contributed by atoms with E-state index in [1.165, 1.54) is 0 Å². The van der Waals surface area contributed by atoms with Gasteiger partial charge in [-0.15, -0.1) is 0 Å². The number of carboxylic acids is 1. The third-order valence-corrected chi connectivity index (χ3v) is 1.21. The molecule has 0 aliphatic rings. The first-order valence-electron chi connectivity index (χ1n) is 3.45. The molecule has 0 heterocycles. The first-order chi connectivity index (χ1) is 5.57. The van der Waals surface area contributed by atoms with Crippen molar-refractivity contribution < 1.29 is 19.8 Å². The smallest absolute Gasteiger partial charge is 0.332 e. The fourth-order valence-corrected chi connectivity index (χ4v) is 0.544. The van der Waals surface area contributed by atoms with Crippen LogP contribution >= 0.6 is 0 Å². The molecule has 0 rings (SSSR count).